The predicted octanol–water partition coefficient (Wildman–Crippen LogP) is 1.40. The van der Waals surface area contributed by atoms with Gasteiger partial charge in [0.25, 0.3) is 0 Å². The number of benzene rings is 1. The first-order chi connectivity index (χ1) is 9.67. The van der Waals surface area contributed by atoms with Gasteiger partial charge in [-0.05, 0) is 23.8 Å². The van der Waals surface area contributed by atoms with Gasteiger partial charge in [-0.15, -0.1) is 0 Å². The Morgan fingerprint density at radius 1 is 1.15 bits per heavy atom. The molecule has 0 bridgehead atoms. The van der Waals surface area contributed by atoms with Crippen LogP contribution in [-0.4, -0.2) is 51.3 Å². The van der Waals surface area contributed by atoms with Crippen molar-refractivity contribution in [3.05, 3.63) is 35.9 Å². The van der Waals surface area contributed by atoms with Crippen LogP contribution in [0, 0.1) is 0 Å². The van der Waals surface area contributed by atoms with Gasteiger partial charge in [-0.1, -0.05) is 12.1 Å². The average Bonchev–Trinajstić information content (AvgIpc) is 2.46. The fraction of sp³-hybridized carbons (Fsp3) is 0.400. The summed E-state index contributed by atoms with van der Waals surface area (Å²) in [5.41, 5.74) is 7.25. The van der Waals surface area contributed by atoms with Crippen LogP contribution in [0.25, 0.3) is 6.08 Å². The first-order valence-electron chi connectivity index (χ1n) is 6.47. The monoisotopic (exact) mass is 278 g/mol. The van der Waals surface area contributed by atoms with Crippen molar-refractivity contribution in [3.63, 3.8) is 0 Å². The molecule has 0 spiro atoms. The van der Waals surface area contributed by atoms with Crippen LogP contribution in [0.1, 0.15) is 5.56 Å². The van der Waals surface area contributed by atoms with Crippen molar-refractivity contribution in [1.82, 2.24) is 4.90 Å². The highest BCUT2D eigenvalue weighted by atomic mass is 16.5. The van der Waals surface area contributed by atoms with Crippen LogP contribution in [0.5, 0.6) is 0 Å². The Balaban J connectivity index is 2.61. The van der Waals surface area contributed by atoms with E-state index < -0.39 is 0 Å². The van der Waals surface area contributed by atoms with Crippen LogP contribution in [0.4, 0.5) is 5.69 Å². The van der Waals surface area contributed by atoms with Crippen molar-refractivity contribution in [2.75, 3.05) is 46.3 Å². The third-order valence-corrected chi connectivity index (χ3v) is 2.80. The summed E-state index contributed by atoms with van der Waals surface area (Å²) in [6.07, 6.45) is 3.32. The van der Waals surface area contributed by atoms with Gasteiger partial charge >= 0.3 is 0 Å². The number of nitrogen functional groups attached to an aromatic ring is 1. The molecule has 1 aromatic carbocycles. The van der Waals surface area contributed by atoms with Crippen molar-refractivity contribution in [1.29, 1.82) is 0 Å². The van der Waals surface area contributed by atoms with Gasteiger partial charge in [-0.25, -0.2) is 0 Å². The molecular formula is C15H22N2O3. The molecule has 0 aliphatic carbocycles. The lowest BCUT2D eigenvalue weighted by Crippen LogP contribution is -2.35. The molecule has 110 valence electrons. The maximum Gasteiger partial charge on any atom is 0.246 e. The van der Waals surface area contributed by atoms with Gasteiger partial charge in [0.1, 0.15) is 0 Å². The molecule has 0 atom stereocenters. The molecule has 5 nitrogen and oxygen atoms in total. The molecule has 1 rings (SSSR count). The van der Waals surface area contributed by atoms with Crippen LogP contribution in [-0.2, 0) is 14.3 Å². The quantitative estimate of drug-likeness (QED) is 0.577. The number of hydrogen-bond acceptors (Lipinski definition) is 4. The first kappa shape index (κ1) is 16.2. The van der Waals surface area contributed by atoms with Crippen LogP contribution in [0.2, 0.25) is 0 Å². The molecule has 0 aromatic heterocycles. The minimum atomic E-state index is -0.0593. The Morgan fingerprint density at radius 2 is 1.70 bits per heavy atom. The zero-order chi connectivity index (χ0) is 14.8. The number of anilines is 1. The molecular weight excluding hydrogens is 256 g/mol. The first-order valence-corrected chi connectivity index (χ1v) is 6.47. The number of rotatable bonds is 8. The number of hydrogen-bond donors (Lipinski definition) is 1. The summed E-state index contributed by atoms with van der Waals surface area (Å²) in [6.45, 7) is 2.10. The highest BCUT2D eigenvalue weighted by Crippen LogP contribution is 2.07. The molecule has 0 saturated heterocycles. The number of methoxy groups -OCH3 is 2. The summed E-state index contributed by atoms with van der Waals surface area (Å²) >= 11 is 0. The molecule has 2 N–H and O–H groups in total. The molecule has 0 unspecified atom stereocenters. The molecule has 0 aliphatic rings. The zero-order valence-corrected chi connectivity index (χ0v) is 12.0. The van der Waals surface area contributed by atoms with E-state index in [9.17, 15) is 4.79 Å². The molecule has 0 aliphatic heterocycles. The van der Waals surface area contributed by atoms with Crippen LogP contribution in [0.3, 0.4) is 0 Å². The smallest absolute Gasteiger partial charge is 0.246 e. The normalized spacial score (nSPS) is 10.9. The van der Waals surface area contributed by atoms with Gasteiger partial charge in [0, 0.05) is 39.1 Å². The number of carbonyl (C=O) groups is 1. The minimum Gasteiger partial charge on any atom is -0.399 e. The average molecular weight is 278 g/mol. The van der Waals surface area contributed by atoms with E-state index in [2.05, 4.69) is 0 Å². The van der Waals surface area contributed by atoms with Crippen LogP contribution >= 0.6 is 0 Å². The Hall–Kier alpha value is -1.85. The standard InChI is InChI=1S/C15H22N2O3/c1-19-11-9-17(10-12-20-2)15(18)8-5-13-3-6-14(16)7-4-13/h3-8H,9-12,16H2,1-2H3/b8-5+. The van der Waals surface area contributed by atoms with Gasteiger partial charge in [-0.2, -0.15) is 0 Å². The molecule has 20 heavy (non-hydrogen) atoms. The van der Waals surface area contributed by atoms with E-state index in [0.717, 1.165) is 5.56 Å². The number of carbonyl (C=O) groups excluding carboxylic acids is 1. The second kappa shape index (κ2) is 9.12. The summed E-state index contributed by atoms with van der Waals surface area (Å²) < 4.78 is 10.0. The van der Waals surface area contributed by atoms with Crippen molar-refractivity contribution >= 4 is 17.7 Å². The van der Waals surface area contributed by atoms with Crippen molar-refractivity contribution in [2.45, 2.75) is 0 Å². The SMILES string of the molecule is COCCN(CCOC)C(=O)/C=C/c1ccc(N)cc1. The Bertz CT molecular complexity index is 421. The number of nitrogens with two attached hydrogens (primary N) is 1. The Kier molecular flexibility index (Phi) is 7.39. The third-order valence-electron chi connectivity index (χ3n) is 2.80. The van der Waals surface area contributed by atoms with Crippen LogP contribution < -0.4 is 5.73 Å². The zero-order valence-electron chi connectivity index (χ0n) is 12.0. The van der Waals surface area contributed by atoms with E-state index in [-0.39, 0.29) is 5.91 Å². The summed E-state index contributed by atoms with van der Waals surface area (Å²) in [7, 11) is 3.23. The molecule has 0 heterocycles. The highest BCUT2D eigenvalue weighted by Gasteiger charge is 2.09. The minimum absolute atomic E-state index is 0.0593. The summed E-state index contributed by atoms with van der Waals surface area (Å²) in [5, 5.41) is 0. The second-order valence-electron chi connectivity index (χ2n) is 4.31. The van der Waals surface area contributed by atoms with E-state index in [1.807, 2.05) is 12.1 Å². The van der Waals surface area contributed by atoms with E-state index in [1.54, 1.807) is 43.4 Å². The summed E-state index contributed by atoms with van der Waals surface area (Å²) in [4.78, 5) is 13.8. The predicted molar refractivity (Wildman–Crippen MR) is 80.2 cm³/mol. The van der Waals surface area contributed by atoms with E-state index >= 15 is 0 Å². The van der Waals surface area contributed by atoms with Gasteiger partial charge in [-0.3, -0.25) is 4.79 Å². The maximum absolute atomic E-state index is 12.1. The van der Waals surface area contributed by atoms with Crippen molar-refractivity contribution in [3.8, 4) is 0 Å². The van der Waals surface area contributed by atoms with Crippen molar-refractivity contribution in [2.24, 2.45) is 0 Å². The topological polar surface area (TPSA) is 64.8 Å². The van der Waals surface area contributed by atoms with Gasteiger partial charge in [0.15, 0.2) is 0 Å². The molecule has 5 heteroatoms. The van der Waals surface area contributed by atoms with E-state index in [4.69, 9.17) is 15.2 Å². The number of nitrogens with zero attached hydrogens (tertiary/aromatic N) is 1. The summed E-state index contributed by atoms with van der Waals surface area (Å²) in [5.74, 6) is -0.0593. The van der Waals surface area contributed by atoms with E-state index in [0.29, 0.717) is 32.0 Å². The molecule has 1 amide bonds. The fourth-order valence-electron chi connectivity index (χ4n) is 1.62. The maximum atomic E-state index is 12.1. The number of ether oxygens (including phenoxy) is 2. The fourth-order valence-corrected chi connectivity index (χ4v) is 1.62. The lowest BCUT2D eigenvalue weighted by molar-refractivity contribution is -0.127. The highest BCUT2D eigenvalue weighted by molar-refractivity contribution is 5.91. The lowest BCUT2D eigenvalue weighted by atomic mass is 10.2. The molecule has 0 saturated carbocycles. The van der Waals surface area contributed by atoms with Gasteiger partial charge in [0.05, 0.1) is 13.2 Å². The third kappa shape index (κ3) is 5.86. The van der Waals surface area contributed by atoms with Crippen molar-refractivity contribution < 1.29 is 14.3 Å². The molecule has 0 fully saturated rings. The van der Waals surface area contributed by atoms with Crippen LogP contribution in [0.15, 0.2) is 30.3 Å². The molecule has 1 aromatic rings. The largest absolute Gasteiger partial charge is 0.399 e. The van der Waals surface area contributed by atoms with Gasteiger partial charge in [0.2, 0.25) is 5.91 Å². The van der Waals surface area contributed by atoms with E-state index in [1.165, 1.54) is 0 Å². The second-order valence-corrected chi connectivity index (χ2v) is 4.31. The summed E-state index contributed by atoms with van der Waals surface area (Å²) in [6, 6.07) is 7.34. The lowest BCUT2D eigenvalue weighted by Gasteiger charge is -2.20. The Morgan fingerprint density at radius 3 is 2.20 bits per heavy atom. The number of amides is 1. The van der Waals surface area contributed by atoms with Gasteiger partial charge < -0.3 is 20.1 Å². The molecule has 0 radical (unpaired) electrons. The Labute approximate surface area is 120 Å².